The predicted octanol–water partition coefficient (Wildman–Crippen LogP) is 5.98. The molecular formula is C31H19Cl2FN6O3. The maximum absolute atomic E-state index is 14.1. The maximum atomic E-state index is 14.1. The Morgan fingerprint density at radius 1 is 1.05 bits per heavy atom. The minimum absolute atomic E-state index is 0.103. The summed E-state index contributed by atoms with van der Waals surface area (Å²) in [6.07, 6.45) is 6.06. The van der Waals surface area contributed by atoms with Crippen molar-refractivity contribution in [2.75, 3.05) is 7.11 Å². The summed E-state index contributed by atoms with van der Waals surface area (Å²) in [4.78, 5) is 39.5. The number of methoxy groups -OCH3 is 1. The SMILES string of the molecule is COc1cc(-c2cc(-c3ncc[nH]3)ccc2Cl)cc2c1c(=O)n(-c1cncc(Cl)c1)c(=O)n2Cc1ccc(F)c(C#N)c1. The molecule has 0 saturated heterocycles. The van der Waals surface area contributed by atoms with Gasteiger partial charge in [-0.1, -0.05) is 29.3 Å². The fraction of sp³-hybridized carbons (Fsp3) is 0.0645. The number of hydrogen-bond donors (Lipinski definition) is 1. The number of nitriles is 1. The van der Waals surface area contributed by atoms with Gasteiger partial charge < -0.3 is 9.72 Å². The van der Waals surface area contributed by atoms with Gasteiger partial charge in [0, 0.05) is 34.7 Å². The second-order valence-electron chi connectivity index (χ2n) is 9.50. The molecular weight excluding hydrogens is 594 g/mol. The Labute approximate surface area is 253 Å². The molecule has 3 aromatic carbocycles. The van der Waals surface area contributed by atoms with Gasteiger partial charge in [-0.05, 0) is 59.7 Å². The molecule has 6 aromatic rings. The van der Waals surface area contributed by atoms with Crippen molar-refractivity contribution >= 4 is 34.1 Å². The zero-order valence-electron chi connectivity index (χ0n) is 22.3. The quantitative estimate of drug-likeness (QED) is 0.247. The summed E-state index contributed by atoms with van der Waals surface area (Å²) in [5.41, 5.74) is 1.23. The monoisotopic (exact) mass is 612 g/mol. The van der Waals surface area contributed by atoms with Crippen LogP contribution in [0.25, 0.3) is 39.1 Å². The number of aromatic nitrogens is 5. The second kappa shape index (κ2) is 11.2. The highest BCUT2D eigenvalue weighted by atomic mass is 35.5. The third-order valence-electron chi connectivity index (χ3n) is 6.92. The Morgan fingerprint density at radius 2 is 1.88 bits per heavy atom. The normalized spacial score (nSPS) is 11.0. The summed E-state index contributed by atoms with van der Waals surface area (Å²) in [7, 11) is 1.42. The first-order chi connectivity index (χ1) is 20.8. The van der Waals surface area contributed by atoms with Crippen molar-refractivity contribution in [3.8, 4) is 40.0 Å². The average Bonchev–Trinajstić information content (AvgIpc) is 3.55. The predicted molar refractivity (Wildman–Crippen MR) is 161 cm³/mol. The van der Waals surface area contributed by atoms with Gasteiger partial charge in [-0.25, -0.2) is 18.7 Å². The molecule has 0 aliphatic carbocycles. The first-order valence-electron chi connectivity index (χ1n) is 12.8. The van der Waals surface area contributed by atoms with E-state index in [9.17, 15) is 19.2 Å². The van der Waals surface area contributed by atoms with Gasteiger partial charge in [0.2, 0.25) is 0 Å². The lowest BCUT2D eigenvalue weighted by atomic mass is 10.00. The topological polar surface area (TPSA) is 119 Å². The number of fused-ring (bicyclic) bond motifs is 1. The van der Waals surface area contributed by atoms with E-state index in [4.69, 9.17) is 27.9 Å². The van der Waals surface area contributed by atoms with Gasteiger partial charge in [-0.2, -0.15) is 5.26 Å². The summed E-state index contributed by atoms with van der Waals surface area (Å²) >= 11 is 12.8. The molecule has 12 heteroatoms. The largest absolute Gasteiger partial charge is 0.496 e. The van der Waals surface area contributed by atoms with Crippen molar-refractivity contribution in [3.05, 3.63) is 127 Å². The van der Waals surface area contributed by atoms with E-state index in [1.165, 1.54) is 42.3 Å². The molecule has 9 nitrogen and oxygen atoms in total. The maximum Gasteiger partial charge on any atom is 0.336 e. The Bertz CT molecular complexity index is 2200. The number of imidazole rings is 1. The molecule has 0 spiro atoms. The Balaban J connectivity index is 1.67. The lowest BCUT2D eigenvalue weighted by Gasteiger charge is -2.18. The van der Waals surface area contributed by atoms with Crippen molar-refractivity contribution in [1.29, 1.82) is 5.26 Å². The number of ether oxygens (including phenoxy) is 1. The van der Waals surface area contributed by atoms with Crippen LogP contribution in [-0.4, -0.2) is 31.2 Å². The van der Waals surface area contributed by atoms with E-state index < -0.39 is 17.1 Å². The lowest BCUT2D eigenvalue weighted by Crippen LogP contribution is -2.39. The average molecular weight is 613 g/mol. The minimum atomic E-state index is -0.709. The van der Waals surface area contributed by atoms with Gasteiger partial charge in [0.1, 0.15) is 28.8 Å². The fourth-order valence-electron chi connectivity index (χ4n) is 4.93. The lowest BCUT2D eigenvalue weighted by molar-refractivity contribution is 0.419. The van der Waals surface area contributed by atoms with Gasteiger partial charge in [0.25, 0.3) is 5.56 Å². The third-order valence-corrected chi connectivity index (χ3v) is 7.46. The molecule has 0 aliphatic heterocycles. The molecule has 212 valence electrons. The summed E-state index contributed by atoms with van der Waals surface area (Å²) in [5.74, 6) is 0.130. The number of benzene rings is 3. The Morgan fingerprint density at radius 3 is 2.60 bits per heavy atom. The van der Waals surface area contributed by atoms with Gasteiger partial charge in [-0.3, -0.25) is 14.3 Å². The molecule has 0 atom stereocenters. The van der Waals surface area contributed by atoms with Gasteiger partial charge >= 0.3 is 5.69 Å². The van der Waals surface area contributed by atoms with E-state index in [0.717, 1.165) is 16.2 Å². The number of hydrogen-bond acceptors (Lipinski definition) is 6. The number of nitrogens with one attached hydrogen (secondary N) is 1. The summed E-state index contributed by atoms with van der Waals surface area (Å²) < 4.78 is 22.1. The second-order valence-corrected chi connectivity index (χ2v) is 10.3. The van der Waals surface area contributed by atoms with Crippen molar-refractivity contribution in [3.63, 3.8) is 0 Å². The summed E-state index contributed by atoms with van der Waals surface area (Å²) in [5, 5.41) is 10.1. The number of aromatic amines is 1. The van der Waals surface area contributed by atoms with Crippen molar-refractivity contribution in [2.45, 2.75) is 6.54 Å². The Hall–Kier alpha value is -5.24. The highest BCUT2D eigenvalue weighted by Gasteiger charge is 2.21. The van der Waals surface area contributed by atoms with E-state index in [0.29, 0.717) is 27.5 Å². The van der Waals surface area contributed by atoms with Crippen LogP contribution in [0.5, 0.6) is 5.75 Å². The standard InChI is InChI=1S/C31H19Cl2FN6O3/c1-43-27-11-19(23-9-18(3-4-24(23)33)29-37-6-7-38-29)10-26-28(27)30(41)40(22-12-21(32)14-36-15-22)31(42)39(26)16-17-2-5-25(34)20(8-17)13-35/h2-12,14-15H,16H2,1H3,(H,37,38). The van der Waals surface area contributed by atoms with E-state index in [1.54, 1.807) is 30.6 Å². The molecule has 43 heavy (non-hydrogen) atoms. The first-order valence-corrected chi connectivity index (χ1v) is 13.5. The van der Waals surface area contributed by atoms with Crippen LogP contribution in [0.3, 0.4) is 0 Å². The van der Waals surface area contributed by atoms with Crippen LogP contribution in [0.15, 0.2) is 89.0 Å². The highest BCUT2D eigenvalue weighted by Crippen LogP contribution is 2.36. The molecule has 6 rings (SSSR count). The summed E-state index contributed by atoms with van der Waals surface area (Å²) in [6, 6.07) is 16.0. The smallest absolute Gasteiger partial charge is 0.336 e. The Kier molecular flexibility index (Phi) is 7.27. The van der Waals surface area contributed by atoms with Crippen LogP contribution in [0.2, 0.25) is 10.0 Å². The van der Waals surface area contributed by atoms with Gasteiger partial charge in [0.05, 0.1) is 41.6 Å². The van der Waals surface area contributed by atoms with E-state index in [2.05, 4.69) is 15.0 Å². The fourth-order valence-corrected chi connectivity index (χ4v) is 5.32. The number of nitrogens with zero attached hydrogens (tertiary/aromatic N) is 5. The number of halogens is 3. The van der Waals surface area contributed by atoms with E-state index >= 15 is 0 Å². The van der Waals surface area contributed by atoms with E-state index in [-0.39, 0.29) is 39.5 Å². The highest BCUT2D eigenvalue weighted by molar-refractivity contribution is 6.33. The molecule has 0 unspecified atom stereocenters. The molecule has 3 heterocycles. The van der Waals surface area contributed by atoms with Crippen molar-refractivity contribution in [1.82, 2.24) is 24.1 Å². The molecule has 0 amide bonds. The third kappa shape index (κ3) is 5.05. The van der Waals surface area contributed by atoms with Gasteiger partial charge in [0.15, 0.2) is 0 Å². The molecule has 0 bridgehead atoms. The molecule has 0 radical (unpaired) electrons. The van der Waals surface area contributed by atoms with Crippen LogP contribution in [0.4, 0.5) is 4.39 Å². The van der Waals surface area contributed by atoms with E-state index in [1.807, 2.05) is 18.2 Å². The van der Waals surface area contributed by atoms with Crippen LogP contribution in [0, 0.1) is 17.1 Å². The van der Waals surface area contributed by atoms with Crippen LogP contribution in [-0.2, 0) is 6.54 Å². The zero-order chi connectivity index (χ0) is 30.2. The number of rotatable bonds is 6. The molecule has 0 fully saturated rings. The van der Waals surface area contributed by atoms with Crippen LogP contribution < -0.4 is 16.0 Å². The molecule has 0 saturated carbocycles. The zero-order valence-corrected chi connectivity index (χ0v) is 23.8. The molecule has 1 N–H and O–H groups in total. The van der Waals surface area contributed by atoms with Crippen molar-refractivity contribution in [2.24, 2.45) is 0 Å². The first kappa shape index (κ1) is 27.9. The number of pyridine rings is 1. The minimum Gasteiger partial charge on any atom is -0.496 e. The van der Waals surface area contributed by atoms with Crippen molar-refractivity contribution < 1.29 is 9.13 Å². The van der Waals surface area contributed by atoms with Gasteiger partial charge in [-0.15, -0.1) is 0 Å². The molecule has 3 aromatic heterocycles. The summed E-state index contributed by atoms with van der Waals surface area (Å²) in [6.45, 7) is -0.106. The van der Waals surface area contributed by atoms with Crippen LogP contribution >= 0.6 is 23.2 Å². The van der Waals surface area contributed by atoms with Crippen LogP contribution in [0.1, 0.15) is 11.1 Å². The number of H-pyrrole nitrogens is 1. The molecule has 0 aliphatic rings.